The fraction of sp³-hybridized carbons (Fsp3) is 0.400. The molecule has 0 heterocycles. The van der Waals surface area contributed by atoms with Crippen LogP contribution in [0.3, 0.4) is 0 Å². The van der Waals surface area contributed by atoms with Crippen molar-refractivity contribution < 1.29 is 47.8 Å². The van der Waals surface area contributed by atoms with Gasteiger partial charge in [0.05, 0.1) is 0 Å². The number of halogens is 2. The molecular weight excluding hydrogens is 638 g/mol. The second kappa shape index (κ2) is 16.1. The predicted octanol–water partition coefficient (Wildman–Crippen LogP) is 3.05. The van der Waals surface area contributed by atoms with E-state index in [1.807, 2.05) is 0 Å². The molecule has 0 saturated carbocycles. The van der Waals surface area contributed by atoms with Gasteiger partial charge >= 0.3 is 41.6 Å². The smallest absolute Gasteiger partial charge is 1.00 e. The van der Waals surface area contributed by atoms with Crippen LogP contribution in [0.25, 0.3) is 21.5 Å². The fourth-order valence-electron chi connectivity index (χ4n) is 4.17. The van der Waals surface area contributed by atoms with Crippen LogP contribution in [0.2, 0.25) is 13.1 Å². The van der Waals surface area contributed by atoms with Gasteiger partial charge in [0.2, 0.25) is 0 Å². The number of benzene rings is 2. The van der Waals surface area contributed by atoms with Crippen LogP contribution in [0.4, 0.5) is 0 Å². The molecule has 0 unspecified atom stereocenters. The zero-order valence-electron chi connectivity index (χ0n) is 22.2. The molecule has 0 atom stereocenters. The third-order valence-electron chi connectivity index (χ3n) is 5.84. The van der Waals surface area contributed by atoms with Crippen molar-refractivity contribution in [2.45, 2.75) is 80.3 Å². The van der Waals surface area contributed by atoms with Gasteiger partial charge in [-0.2, -0.15) is 12.1 Å². The van der Waals surface area contributed by atoms with Crippen molar-refractivity contribution >= 4 is 27.0 Å². The minimum Gasteiger partial charge on any atom is -1.00 e. The molecule has 184 valence electrons. The molecule has 4 rings (SSSR count). The zero-order chi connectivity index (χ0) is 23.8. The summed E-state index contributed by atoms with van der Waals surface area (Å²) in [5.74, 6) is 0. The summed E-state index contributed by atoms with van der Waals surface area (Å²) in [6, 6.07) is 18.3. The van der Waals surface area contributed by atoms with Crippen LogP contribution < -0.4 is 24.8 Å². The summed E-state index contributed by atoms with van der Waals surface area (Å²) in [5, 5.41) is 5.75. The maximum absolute atomic E-state index is 2.35. The topological polar surface area (TPSA) is 0 Å². The molecule has 4 aromatic carbocycles. The van der Waals surface area contributed by atoms with Gasteiger partial charge in [-0.25, -0.2) is 0 Å². The molecule has 0 aromatic heterocycles. The Labute approximate surface area is 235 Å². The molecule has 4 aromatic rings. The first kappa shape index (κ1) is 33.3. The summed E-state index contributed by atoms with van der Waals surface area (Å²) in [4.78, 5) is 0. The summed E-state index contributed by atoms with van der Waals surface area (Å²) < 4.78 is 0. The van der Waals surface area contributed by atoms with E-state index in [0.29, 0.717) is 0 Å². The van der Waals surface area contributed by atoms with Crippen molar-refractivity contribution in [1.82, 2.24) is 0 Å². The third-order valence-corrected chi connectivity index (χ3v) is 5.84. The normalized spacial score (nSPS) is 9.94. The van der Waals surface area contributed by atoms with Gasteiger partial charge in [0, 0.05) is 0 Å². The molecule has 0 fully saturated rings. The maximum Gasteiger partial charge on any atom is -1.00 e. The van der Waals surface area contributed by atoms with E-state index in [2.05, 4.69) is 103 Å². The van der Waals surface area contributed by atoms with E-state index in [-0.39, 0.29) is 30.3 Å². The molecule has 0 aliphatic rings. The maximum atomic E-state index is 2.35. The van der Waals surface area contributed by atoms with Crippen molar-refractivity contribution in [1.29, 1.82) is 0 Å². The van der Waals surface area contributed by atoms with E-state index in [0.717, 1.165) is 0 Å². The molecule has 0 saturated heterocycles. The fourth-order valence-corrected chi connectivity index (χ4v) is 4.17. The summed E-state index contributed by atoms with van der Waals surface area (Å²) >= 11 is 1.45. The minimum absolute atomic E-state index is 0. The third kappa shape index (κ3) is 9.41. The Balaban J connectivity index is 0.000000528. The number of rotatable bonds is 4. The Kier molecular flexibility index (Phi) is 15.8. The van der Waals surface area contributed by atoms with Crippen LogP contribution in [0, 0.1) is 27.7 Å². The Morgan fingerprint density at radius 1 is 0.647 bits per heavy atom. The molecule has 0 aliphatic heterocycles. The van der Waals surface area contributed by atoms with Crippen LogP contribution >= 0.6 is 0 Å². The van der Waals surface area contributed by atoms with Gasteiger partial charge < -0.3 is 24.8 Å². The van der Waals surface area contributed by atoms with Crippen molar-refractivity contribution in [2.75, 3.05) is 0 Å². The predicted molar refractivity (Wildman–Crippen MR) is 144 cm³/mol. The number of aryl methyl sites for hydroxylation is 6. The van der Waals surface area contributed by atoms with Gasteiger partial charge in [-0.05, 0) is 26.7 Å². The van der Waals surface area contributed by atoms with E-state index >= 15 is 0 Å². The molecule has 0 radical (unpaired) electrons. The van der Waals surface area contributed by atoms with E-state index in [4.69, 9.17) is 0 Å². The van der Waals surface area contributed by atoms with Crippen molar-refractivity contribution in [3.05, 3.63) is 81.9 Å². The Morgan fingerprint density at radius 3 is 1.21 bits per heavy atom. The monoisotopic (exact) mass is 678 g/mol. The summed E-state index contributed by atoms with van der Waals surface area (Å²) in [7, 11) is 0. The van der Waals surface area contributed by atoms with Crippen LogP contribution in [-0.2, 0) is 35.8 Å². The van der Waals surface area contributed by atoms with Crippen molar-refractivity contribution in [3.8, 4) is 0 Å². The van der Waals surface area contributed by atoms with Gasteiger partial charge in [-0.3, -0.25) is 0 Å². The van der Waals surface area contributed by atoms with E-state index in [1.54, 1.807) is 0 Å². The van der Waals surface area contributed by atoms with Crippen molar-refractivity contribution in [2.24, 2.45) is 0 Å². The van der Waals surface area contributed by atoms with Crippen molar-refractivity contribution in [3.63, 3.8) is 0 Å². The molecule has 0 nitrogen and oxygen atoms in total. The van der Waals surface area contributed by atoms with E-state index in [9.17, 15) is 0 Å². The summed E-state index contributed by atoms with van der Waals surface area (Å²) in [5.41, 5.74) is 8.82. The molecular formula is C30H40Cl2HfSi-2. The average Bonchev–Trinajstić information content (AvgIpc) is 3.35. The molecule has 0 spiro atoms. The van der Waals surface area contributed by atoms with Crippen LogP contribution in [-0.4, -0.2) is 5.49 Å². The summed E-state index contributed by atoms with van der Waals surface area (Å²) in [6.45, 7) is 17.9. The second-order valence-corrected chi connectivity index (χ2v) is 22.1. The molecule has 34 heavy (non-hydrogen) atoms. The van der Waals surface area contributed by atoms with Gasteiger partial charge in [0.1, 0.15) is 0 Å². The quantitative estimate of drug-likeness (QED) is 0.230. The molecule has 0 aliphatic carbocycles. The van der Waals surface area contributed by atoms with E-state index < -0.39 is 0 Å². The Morgan fingerprint density at radius 2 is 0.941 bits per heavy atom. The summed E-state index contributed by atoms with van der Waals surface area (Å²) in [6.07, 6.45) is 4.87. The van der Waals surface area contributed by atoms with Gasteiger partial charge in [0.15, 0.2) is 0 Å². The molecule has 0 bridgehead atoms. The SMILES string of the molecule is CCCc1cc2c(C)ccc(C)c2[cH-]1.CCCc1cc2c(C)ccc(C)c2[cH-]1.C[Si](C)=[Hf+2].[Cl-].[Cl-]. The number of hydrogen-bond donors (Lipinski definition) is 0. The molecule has 0 N–H and O–H groups in total. The largest absolute Gasteiger partial charge is 1.00 e. The molecule has 4 heteroatoms. The minimum atomic E-state index is 0. The molecule has 0 amide bonds. The number of fused-ring (bicyclic) bond motifs is 2. The van der Waals surface area contributed by atoms with Gasteiger partial charge in [0.25, 0.3) is 0 Å². The number of hydrogen-bond acceptors (Lipinski definition) is 0. The Hall–Kier alpha value is -0.673. The first-order valence-electron chi connectivity index (χ1n) is 12.0. The van der Waals surface area contributed by atoms with Crippen LogP contribution in [0.5, 0.6) is 0 Å². The van der Waals surface area contributed by atoms with E-state index in [1.165, 1.54) is 104 Å². The van der Waals surface area contributed by atoms with Gasteiger partial charge in [-0.1, -0.05) is 63.8 Å². The average molecular weight is 678 g/mol. The Bertz CT molecular complexity index is 1010. The standard InChI is InChI=1S/2C14H17.C2H6Si.2ClH.Hf/c2*1-4-5-12-8-13-10(2)6-7-11(3)14(13)9-12;1-3-2;;;/h2*6-9H,4-5H2,1-3H3;1-2H3;2*1H;/q2*-1;;;;+2/p-2. The van der Waals surface area contributed by atoms with Crippen LogP contribution in [0.1, 0.15) is 60.1 Å². The second-order valence-electron chi connectivity index (χ2n) is 9.28. The first-order chi connectivity index (χ1) is 15.2. The van der Waals surface area contributed by atoms with Gasteiger partial charge in [-0.15, -0.1) is 68.1 Å². The first-order valence-corrected chi connectivity index (χ1v) is 19.9. The zero-order valence-corrected chi connectivity index (χ0v) is 28.3. The van der Waals surface area contributed by atoms with Crippen LogP contribution in [0.15, 0.2) is 48.5 Å².